The first-order valence-electron chi connectivity index (χ1n) is 10.3. The molecule has 5 nitrogen and oxygen atoms in total. The van der Waals surface area contributed by atoms with E-state index in [9.17, 15) is 18.3 Å². The zero-order valence-corrected chi connectivity index (χ0v) is 17.1. The van der Waals surface area contributed by atoms with Crippen LogP contribution in [0.4, 0.5) is 13.2 Å². The lowest BCUT2D eigenvalue weighted by Crippen LogP contribution is -2.47. The molecule has 0 spiro atoms. The molecular weight excluding hydrogens is 383 g/mol. The highest BCUT2D eigenvalue weighted by molar-refractivity contribution is 5.80. The van der Waals surface area contributed by atoms with E-state index in [1.165, 1.54) is 0 Å². The summed E-state index contributed by atoms with van der Waals surface area (Å²) < 4.78 is 44.7. The van der Waals surface area contributed by atoms with Crippen LogP contribution in [-0.2, 0) is 4.74 Å². The summed E-state index contributed by atoms with van der Waals surface area (Å²) in [6.45, 7) is 4.61. The maximum atomic E-state index is 13.0. The molecule has 164 valence electrons. The van der Waals surface area contributed by atoms with Crippen LogP contribution in [-0.4, -0.2) is 49.1 Å². The van der Waals surface area contributed by atoms with Crippen molar-refractivity contribution in [3.05, 3.63) is 35.9 Å². The maximum absolute atomic E-state index is 13.0. The lowest BCUT2D eigenvalue weighted by Gasteiger charge is -2.32. The van der Waals surface area contributed by atoms with Crippen molar-refractivity contribution in [3.8, 4) is 0 Å². The number of aliphatic hydroxyl groups is 1. The summed E-state index contributed by atoms with van der Waals surface area (Å²) in [6.07, 6.45) is -3.65. The molecule has 1 aromatic rings. The van der Waals surface area contributed by atoms with E-state index in [0.717, 1.165) is 5.56 Å². The molecule has 1 saturated carbocycles. The van der Waals surface area contributed by atoms with Crippen LogP contribution in [0.15, 0.2) is 35.3 Å². The number of alkyl halides is 3. The molecule has 0 radical (unpaired) electrons. The van der Waals surface area contributed by atoms with Gasteiger partial charge in [-0.2, -0.15) is 13.2 Å². The third kappa shape index (κ3) is 8.22. The van der Waals surface area contributed by atoms with E-state index >= 15 is 0 Å². The van der Waals surface area contributed by atoms with Crippen LogP contribution in [0.3, 0.4) is 0 Å². The van der Waals surface area contributed by atoms with Gasteiger partial charge >= 0.3 is 6.18 Å². The topological polar surface area (TPSA) is 65.9 Å². The standard InChI is InChI=1S/C21H32F3N3O2/c1-3-25-20(27-18-11-7-10-17(12-18)21(22,23)24)26-13-19(28)14-29-15(2)16-8-5-4-6-9-16/h4-6,8-9,15,17-19,28H,3,7,10-14H2,1-2H3,(H2,25,26,27). The van der Waals surface area contributed by atoms with Crippen LogP contribution in [0.5, 0.6) is 0 Å². The normalized spacial score (nSPS) is 22.8. The monoisotopic (exact) mass is 415 g/mol. The highest BCUT2D eigenvalue weighted by atomic mass is 19.4. The minimum Gasteiger partial charge on any atom is -0.389 e. The summed E-state index contributed by atoms with van der Waals surface area (Å²) >= 11 is 0. The van der Waals surface area contributed by atoms with E-state index in [0.29, 0.717) is 25.3 Å². The van der Waals surface area contributed by atoms with E-state index in [4.69, 9.17) is 4.74 Å². The Hall–Kier alpha value is -1.80. The van der Waals surface area contributed by atoms with Crippen LogP contribution in [0, 0.1) is 5.92 Å². The van der Waals surface area contributed by atoms with Gasteiger partial charge in [-0.3, -0.25) is 4.99 Å². The van der Waals surface area contributed by atoms with Gasteiger partial charge < -0.3 is 20.5 Å². The molecule has 0 saturated heterocycles. The SMILES string of the molecule is CCNC(=NCC(O)COC(C)c1ccccc1)NC1CCCC(C(F)(F)F)C1. The molecule has 0 aliphatic heterocycles. The molecule has 0 bridgehead atoms. The molecule has 4 unspecified atom stereocenters. The zero-order chi connectivity index (χ0) is 21.3. The van der Waals surface area contributed by atoms with Crippen LogP contribution in [0.2, 0.25) is 0 Å². The summed E-state index contributed by atoms with van der Waals surface area (Å²) in [5.74, 6) is -0.842. The average Bonchev–Trinajstić information content (AvgIpc) is 2.70. The van der Waals surface area contributed by atoms with Crippen molar-refractivity contribution in [1.82, 2.24) is 10.6 Å². The van der Waals surface area contributed by atoms with Crippen LogP contribution in [0.1, 0.15) is 51.2 Å². The van der Waals surface area contributed by atoms with Gasteiger partial charge in [-0.25, -0.2) is 0 Å². The van der Waals surface area contributed by atoms with Gasteiger partial charge in [-0.1, -0.05) is 36.8 Å². The van der Waals surface area contributed by atoms with Gasteiger partial charge in [0.25, 0.3) is 0 Å². The summed E-state index contributed by atoms with van der Waals surface area (Å²) in [5.41, 5.74) is 1.02. The number of nitrogens with zero attached hydrogens (tertiary/aromatic N) is 1. The molecule has 2 rings (SSSR count). The molecule has 1 aliphatic rings. The van der Waals surface area contributed by atoms with E-state index in [2.05, 4.69) is 15.6 Å². The number of hydrogen-bond acceptors (Lipinski definition) is 3. The van der Waals surface area contributed by atoms with E-state index in [1.807, 2.05) is 44.2 Å². The van der Waals surface area contributed by atoms with E-state index < -0.39 is 18.2 Å². The predicted octanol–water partition coefficient (Wildman–Crippen LogP) is 3.80. The number of nitrogens with one attached hydrogen (secondary N) is 2. The number of hydrogen-bond donors (Lipinski definition) is 3. The highest BCUT2D eigenvalue weighted by Gasteiger charge is 2.42. The lowest BCUT2D eigenvalue weighted by molar-refractivity contribution is -0.183. The number of benzene rings is 1. The second kappa shape index (κ2) is 11.4. The van der Waals surface area contributed by atoms with Crippen LogP contribution < -0.4 is 10.6 Å². The smallest absolute Gasteiger partial charge is 0.389 e. The molecule has 0 amide bonds. The van der Waals surface area contributed by atoms with Crippen molar-refractivity contribution in [2.45, 2.75) is 64.0 Å². The second-order valence-electron chi connectivity index (χ2n) is 7.51. The molecule has 4 atom stereocenters. The number of aliphatic imine (C=N–C) groups is 1. The van der Waals surface area contributed by atoms with Gasteiger partial charge in [-0.15, -0.1) is 0 Å². The Labute approximate surface area is 170 Å². The van der Waals surface area contributed by atoms with Crippen molar-refractivity contribution in [2.75, 3.05) is 19.7 Å². The number of halogens is 3. The van der Waals surface area contributed by atoms with Gasteiger partial charge in [0.15, 0.2) is 5.96 Å². The van der Waals surface area contributed by atoms with Gasteiger partial charge in [0.05, 0.1) is 31.3 Å². The molecule has 8 heteroatoms. The fraction of sp³-hybridized carbons (Fsp3) is 0.667. The molecular formula is C21H32F3N3O2. The third-order valence-corrected chi connectivity index (χ3v) is 5.09. The number of aliphatic hydroxyl groups excluding tert-OH is 1. The summed E-state index contributed by atoms with van der Waals surface area (Å²) in [7, 11) is 0. The van der Waals surface area contributed by atoms with E-state index in [1.54, 1.807) is 0 Å². The number of guanidine groups is 1. The Morgan fingerprint density at radius 3 is 2.66 bits per heavy atom. The van der Waals surface area contributed by atoms with E-state index in [-0.39, 0.29) is 38.1 Å². The van der Waals surface area contributed by atoms with Crippen molar-refractivity contribution < 1.29 is 23.0 Å². The number of rotatable bonds is 8. The summed E-state index contributed by atoms with van der Waals surface area (Å²) in [6, 6.07) is 9.43. The first-order valence-corrected chi connectivity index (χ1v) is 10.3. The fourth-order valence-electron chi connectivity index (χ4n) is 3.46. The molecule has 3 N–H and O–H groups in total. The van der Waals surface area contributed by atoms with Crippen molar-refractivity contribution >= 4 is 5.96 Å². The van der Waals surface area contributed by atoms with Gasteiger partial charge in [-0.05, 0) is 38.7 Å². The fourth-order valence-corrected chi connectivity index (χ4v) is 3.46. The first-order chi connectivity index (χ1) is 13.8. The summed E-state index contributed by atoms with van der Waals surface area (Å²) in [5, 5.41) is 16.3. The Morgan fingerprint density at radius 1 is 1.28 bits per heavy atom. The van der Waals surface area contributed by atoms with Crippen molar-refractivity contribution in [2.24, 2.45) is 10.9 Å². The molecule has 1 aliphatic carbocycles. The Morgan fingerprint density at radius 2 is 2.00 bits per heavy atom. The quantitative estimate of drug-likeness (QED) is 0.446. The van der Waals surface area contributed by atoms with Crippen molar-refractivity contribution in [1.29, 1.82) is 0 Å². The first kappa shape index (κ1) is 23.5. The Balaban J connectivity index is 1.83. The average molecular weight is 416 g/mol. The van der Waals surface area contributed by atoms with Gasteiger partial charge in [0.1, 0.15) is 0 Å². The zero-order valence-electron chi connectivity index (χ0n) is 17.1. The minimum absolute atomic E-state index is 0.0498. The molecule has 1 fully saturated rings. The Kier molecular flexibility index (Phi) is 9.23. The summed E-state index contributed by atoms with van der Waals surface area (Å²) in [4.78, 5) is 4.33. The maximum Gasteiger partial charge on any atom is 0.391 e. The van der Waals surface area contributed by atoms with Gasteiger partial charge in [0.2, 0.25) is 0 Å². The Bertz CT molecular complexity index is 625. The largest absolute Gasteiger partial charge is 0.391 e. The second-order valence-corrected chi connectivity index (χ2v) is 7.51. The molecule has 1 aromatic carbocycles. The van der Waals surface area contributed by atoms with Gasteiger partial charge in [0, 0.05) is 12.6 Å². The predicted molar refractivity (Wildman–Crippen MR) is 108 cm³/mol. The highest BCUT2D eigenvalue weighted by Crippen LogP contribution is 2.37. The molecule has 0 heterocycles. The third-order valence-electron chi connectivity index (χ3n) is 5.09. The van der Waals surface area contributed by atoms with Crippen LogP contribution >= 0.6 is 0 Å². The number of ether oxygens (including phenoxy) is 1. The lowest BCUT2D eigenvalue weighted by atomic mass is 9.85. The molecule has 0 aromatic heterocycles. The van der Waals surface area contributed by atoms with Crippen LogP contribution in [0.25, 0.3) is 0 Å². The van der Waals surface area contributed by atoms with Crippen molar-refractivity contribution in [3.63, 3.8) is 0 Å². The molecule has 29 heavy (non-hydrogen) atoms. The minimum atomic E-state index is -4.15.